The highest BCUT2D eigenvalue weighted by Crippen LogP contribution is 2.28. The van der Waals surface area contributed by atoms with Gasteiger partial charge in [0.05, 0.1) is 6.61 Å². The molecule has 0 atom stereocenters. The molecule has 1 saturated carbocycles. The Labute approximate surface area is 103 Å². The average Bonchev–Trinajstić information content (AvgIpc) is 3.14. The van der Waals surface area contributed by atoms with Gasteiger partial charge in [0, 0.05) is 13.2 Å². The van der Waals surface area contributed by atoms with Crippen molar-refractivity contribution in [2.24, 2.45) is 5.92 Å². The van der Waals surface area contributed by atoms with Gasteiger partial charge in [0.1, 0.15) is 12.4 Å². The molecule has 0 spiro atoms. The molecule has 94 valence electrons. The largest absolute Gasteiger partial charge is 0.491 e. The summed E-state index contributed by atoms with van der Waals surface area (Å²) in [6.45, 7) is 3.10. The summed E-state index contributed by atoms with van der Waals surface area (Å²) >= 11 is 0. The molecule has 1 aromatic rings. The number of rotatable bonds is 8. The Balaban J connectivity index is 1.64. The maximum atomic E-state index is 5.64. The molecule has 0 bridgehead atoms. The van der Waals surface area contributed by atoms with E-state index in [0.29, 0.717) is 13.2 Å². The number of nitrogens with one attached hydrogen (secondary N) is 1. The van der Waals surface area contributed by atoms with Gasteiger partial charge in [0.15, 0.2) is 0 Å². The first-order chi connectivity index (χ1) is 8.38. The third kappa shape index (κ3) is 4.75. The van der Waals surface area contributed by atoms with E-state index in [1.165, 1.54) is 18.4 Å². The molecule has 2 rings (SSSR count). The monoisotopic (exact) mass is 235 g/mol. The predicted octanol–water partition coefficient (Wildman–Crippen LogP) is 2.21. The molecule has 0 aromatic heterocycles. The molecular formula is C14H21NO2. The minimum atomic E-state index is 0.635. The third-order valence-corrected chi connectivity index (χ3v) is 2.83. The number of hydrogen-bond acceptors (Lipinski definition) is 3. The van der Waals surface area contributed by atoms with Crippen LogP contribution in [0.5, 0.6) is 5.75 Å². The third-order valence-electron chi connectivity index (χ3n) is 2.83. The van der Waals surface area contributed by atoms with Gasteiger partial charge in [0.2, 0.25) is 0 Å². The minimum Gasteiger partial charge on any atom is -0.491 e. The van der Waals surface area contributed by atoms with Crippen molar-refractivity contribution >= 4 is 0 Å². The summed E-state index contributed by atoms with van der Waals surface area (Å²) in [5.41, 5.74) is 1.24. The van der Waals surface area contributed by atoms with Crippen molar-refractivity contribution in [3.8, 4) is 5.75 Å². The summed E-state index contributed by atoms with van der Waals surface area (Å²) in [6.07, 6.45) is 2.68. The molecular weight excluding hydrogens is 214 g/mol. The van der Waals surface area contributed by atoms with Crippen LogP contribution in [0.15, 0.2) is 24.3 Å². The molecule has 1 aliphatic rings. The van der Waals surface area contributed by atoms with Crippen LogP contribution < -0.4 is 10.1 Å². The predicted molar refractivity (Wildman–Crippen MR) is 68.2 cm³/mol. The van der Waals surface area contributed by atoms with E-state index in [4.69, 9.17) is 9.47 Å². The Morgan fingerprint density at radius 3 is 2.94 bits per heavy atom. The minimum absolute atomic E-state index is 0.635. The molecule has 0 unspecified atom stereocenters. The first kappa shape index (κ1) is 12.4. The molecule has 0 amide bonds. The summed E-state index contributed by atoms with van der Waals surface area (Å²) < 4.78 is 11.2. The molecule has 0 heterocycles. The summed E-state index contributed by atoms with van der Waals surface area (Å²) in [7, 11) is 1.94. The fraction of sp³-hybridized carbons (Fsp3) is 0.571. The van der Waals surface area contributed by atoms with Crippen LogP contribution in [-0.4, -0.2) is 26.9 Å². The quantitative estimate of drug-likeness (QED) is 0.701. The molecule has 1 aromatic carbocycles. The standard InChI is InChI=1S/C14H21NO2/c1-15-10-13-3-2-4-14(9-13)17-8-7-16-11-12-5-6-12/h2-4,9,12,15H,5-8,10-11H2,1H3. The Morgan fingerprint density at radius 1 is 1.29 bits per heavy atom. The van der Waals surface area contributed by atoms with Gasteiger partial charge in [-0.2, -0.15) is 0 Å². The van der Waals surface area contributed by atoms with E-state index < -0.39 is 0 Å². The summed E-state index contributed by atoms with van der Waals surface area (Å²) in [5.74, 6) is 1.75. The zero-order chi connectivity index (χ0) is 11.9. The van der Waals surface area contributed by atoms with Crippen LogP contribution in [0.1, 0.15) is 18.4 Å². The van der Waals surface area contributed by atoms with E-state index in [-0.39, 0.29) is 0 Å². The summed E-state index contributed by atoms with van der Waals surface area (Å²) in [5, 5.41) is 3.13. The Bertz CT molecular complexity index is 337. The highest BCUT2D eigenvalue weighted by molar-refractivity contribution is 5.28. The van der Waals surface area contributed by atoms with Crippen LogP contribution in [0.25, 0.3) is 0 Å². The van der Waals surface area contributed by atoms with Gasteiger partial charge in [-0.15, -0.1) is 0 Å². The van der Waals surface area contributed by atoms with Crippen molar-refractivity contribution in [3.05, 3.63) is 29.8 Å². The number of hydrogen-bond donors (Lipinski definition) is 1. The molecule has 17 heavy (non-hydrogen) atoms. The summed E-state index contributed by atoms with van der Waals surface area (Å²) in [6, 6.07) is 8.16. The molecule has 0 radical (unpaired) electrons. The van der Waals surface area contributed by atoms with Crippen molar-refractivity contribution in [3.63, 3.8) is 0 Å². The highest BCUT2D eigenvalue weighted by Gasteiger charge is 2.20. The lowest BCUT2D eigenvalue weighted by Crippen LogP contribution is -2.09. The van der Waals surface area contributed by atoms with Crippen molar-refractivity contribution in [1.29, 1.82) is 0 Å². The van der Waals surface area contributed by atoms with Crippen molar-refractivity contribution in [2.45, 2.75) is 19.4 Å². The van der Waals surface area contributed by atoms with E-state index in [9.17, 15) is 0 Å². The lowest BCUT2D eigenvalue weighted by atomic mass is 10.2. The Kier molecular flexibility index (Phi) is 4.83. The highest BCUT2D eigenvalue weighted by atomic mass is 16.5. The molecule has 3 heteroatoms. The van der Waals surface area contributed by atoms with Gasteiger partial charge in [-0.05, 0) is 43.5 Å². The maximum Gasteiger partial charge on any atom is 0.119 e. The van der Waals surface area contributed by atoms with Crippen molar-refractivity contribution in [2.75, 3.05) is 26.9 Å². The second-order valence-electron chi connectivity index (χ2n) is 4.54. The smallest absolute Gasteiger partial charge is 0.119 e. The maximum absolute atomic E-state index is 5.64. The van der Waals surface area contributed by atoms with Crippen LogP contribution in [0.2, 0.25) is 0 Å². The number of ether oxygens (including phenoxy) is 2. The zero-order valence-corrected chi connectivity index (χ0v) is 10.4. The summed E-state index contributed by atoms with van der Waals surface area (Å²) in [4.78, 5) is 0. The van der Waals surface area contributed by atoms with Gasteiger partial charge in [0.25, 0.3) is 0 Å². The lowest BCUT2D eigenvalue weighted by molar-refractivity contribution is 0.0927. The second kappa shape index (κ2) is 6.62. The first-order valence-electron chi connectivity index (χ1n) is 6.32. The lowest BCUT2D eigenvalue weighted by Gasteiger charge is -2.08. The fourth-order valence-electron chi connectivity index (χ4n) is 1.70. The zero-order valence-electron chi connectivity index (χ0n) is 10.4. The molecule has 0 aliphatic heterocycles. The van der Waals surface area contributed by atoms with Crippen LogP contribution in [-0.2, 0) is 11.3 Å². The second-order valence-corrected chi connectivity index (χ2v) is 4.54. The van der Waals surface area contributed by atoms with Crippen LogP contribution in [0, 0.1) is 5.92 Å². The van der Waals surface area contributed by atoms with Crippen molar-refractivity contribution < 1.29 is 9.47 Å². The van der Waals surface area contributed by atoms with Crippen LogP contribution in [0.3, 0.4) is 0 Å². The van der Waals surface area contributed by atoms with E-state index in [1.54, 1.807) is 0 Å². The van der Waals surface area contributed by atoms with E-state index >= 15 is 0 Å². The Hall–Kier alpha value is -1.06. The van der Waals surface area contributed by atoms with Gasteiger partial charge in [-0.25, -0.2) is 0 Å². The van der Waals surface area contributed by atoms with E-state index in [2.05, 4.69) is 17.4 Å². The molecule has 1 N–H and O–H groups in total. The fourth-order valence-corrected chi connectivity index (χ4v) is 1.70. The first-order valence-corrected chi connectivity index (χ1v) is 6.32. The molecule has 1 fully saturated rings. The average molecular weight is 235 g/mol. The molecule has 1 aliphatic carbocycles. The van der Waals surface area contributed by atoms with Crippen LogP contribution in [0.4, 0.5) is 0 Å². The molecule has 3 nitrogen and oxygen atoms in total. The number of benzene rings is 1. The van der Waals surface area contributed by atoms with Crippen molar-refractivity contribution in [1.82, 2.24) is 5.32 Å². The van der Waals surface area contributed by atoms with E-state index in [0.717, 1.165) is 24.8 Å². The topological polar surface area (TPSA) is 30.5 Å². The van der Waals surface area contributed by atoms with Gasteiger partial charge < -0.3 is 14.8 Å². The van der Waals surface area contributed by atoms with Gasteiger partial charge >= 0.3 is 0 Å². The van der Waals surface area contributed by atoms with Gasteiger partial charge in [-0.1, -0.05) is 12.1 Å². The SMILES string of the molecule is CNCc1cccc(OCCOCC2CC2)c1. The van der Waals surface area contributed by atoms with Crippen LogP contribution >= 0.6 is 0 Å². The molecule has 0 saturated heterocycles. The normalized spacial score (nSPS) is 14.9. The van der Waals surface area contributed by atoms with E-state index in [1.807, 2.05) is 19.2 Å². The van der Waals surface area contributed by atoms with Gasteiger partial charge in [-0.3, -0.25) is 0 Å². The Morgan fingerprint density at radius 2 is 2.18 bits per heavy atom.